The molecule has 3 nitrogen and oxygen atoms in total. The Hall–Kier alpha value is -0.640. The highest BCUT2D eigenvalue weighted by Crippen LogP contribution is 2.19. The number of halogens is 2. The third kappa shape index (κ3) is 3.72. The molecule has 3 N–H and O–H groups in total. The molecule has 0 atom stereocenters. The molecule has 76 valence electrons. The summed E-state index contributed by atoms with van der Waals surface area (Å²) in [5.74, 6) is 6.10. The lowest BCUT2D eigenvalue weighted by Crippen LogP contribution is -2.07. The van der Waals surface area contributed by atoms with Crippen molar-refractivity contribution in [1.29, 1.82) is 0 Å². The molecule has 0 radical (unpaired) electrons. The van der Waals surface area contributed by atoms with Gasteiger partial charge in [-0.1, -0.05) is 0 Å². The number of rotatable bonds is 2. The van der Waals surface area contributed by atoms with E-state index < -0.39 is 0 Å². The Morgan fingerprint density at radius 2 is 1.92 bits per heavy atom. The maximum absolute atomic E-state index is 5.25. The minimum absolute atomic E-state index is 0. The Labute approximate surface area is 90.4 Å². The Kier molecular flexibility index (Phi) is 7.81. The van der Waals surface area contributed by atoms with Gasteiger partial charge in [0.15, 0.2) is 0 Å². The highest BCUT2D eigenvalue weighted by molar-refractivity contribution is 5.85. The quantitative estimate of drug-likeness (QED) is 0.598. The van der Waals surface area contributed by atoms with Crippen LogP contribution >= 0.6 is 24.8 Å². The first-order valence-electron chi connectivity index (χ1n) is 3.39. The molecule has 0 heterocycles. The predicted octanol–water partition coefficient (Wildman–Crippen LogP) is 2.13. The van der Waals surface area contributed by atoms with Crippen molar-refractivity contribution in [3.8, 4) is 5.75 Å². The van der Waals surface area contributed by atoms with Gasteiger partial charge in [-0.3, -0.25) is 5.84 Å². The summed E-state index contributed by atoms with van der Waals surface area (Å²) in [5, 5.41) is 0. The first kappa shape index (κ1) is 14.9. The van der Waals surface area contributed by atoms with Gasteiger partial charge >= 0.3 is 0 Å². The van der Waals surface area contributed by atoms with Crippen LogP contribution in [0.25, 0.3) is 0 Å². The minimum atomic E-state index is 0. The lowest BCUT2D eigenvalue weighted by molar-refractivity contribution is 0.414. The van der Waals surface area contributed by atoms with E-state index in [9.17, 15) is 0 Å². The fourth-order valence-corrected chi connectivity index (χ4v) is 0.925. The Balaban J connectivity index is 0. The summed E-state index contributed by atoms with van der Waals surface area (Å²) in [6.07, 6.45) is 0. The van der Waals surface area contributed by atoms with Crippen LogP contribution in [0.3, 0.4) is 0 Å². The minimum Gasteiger partial charge on any atom is -0.497 e. The van der Waals surface area contributed by atoms with Gasteiger partial charge in [0.25, 0.3) is 0 Å². The number of hydrogen-bond acceptors (Lipinski definition) is 3. The number of nitrogen functional groups attached to an aromatic ring is 1. The summed E-state index contributed by atoms with van der Waals surface area (Å²) in [4.78, 5) is 0. The van der Waals surface area contributed by atoms with Crippen LogP contribution < -0.4 is 16.0 Å². The first-order valence-corrected chi connectivity index (χ1v) is 3.39. The lowest BCUT2D eigenvalue weighted by Gasteiger charge is -2.05. The van der Waals surface area contributed by atoms with Crippen molar-refractivity contribution < 1.29 is 4.74 Å². The van der Waals surface area contributed by atoms with E-state index >= 15 is 0 Å². The summed E-state index contributed by atoms with van der Waals surface area (Å²) in [6, 6.07) is 5.67. The number of benzene rings is 1. The van der Waals surface area contributed by atoms with Crippen molar-refractivity contribution in [3.05, 3.63) is 23.8 Å². The highest BCUT2D eigenvalue weighted by atomic mass is 35.5. The maximum atomic E-state index is 5.25. The average molecular weight is 225 g/mol. The van der Waals surface area contributed by atoms with E-state index in [0.717, 1.165) is 17.0 Å². The van der Waals surface area contributed by atoms with E-state index in [4.69, 9.17) is 10.6 Å². The highest BCUT2D eigenvalue weighted by Gasteiger charge is 1.96. The van der Waals surface area contributed by atoms with Crippen molar-refractivity contribution in [2.75, 3.05) is 12.5 Å². The van der Waals surface area contributed by atoms with Gasteiger partial charge in [-0.15, -0.1) is 24.8 Å². The molecule has 1 aromatic rings. The van der Waals surface area contributed by atoms with Gasteiger partial charge in [0.2, 0.25) is 0 Å². The summed E-state index contributed by atoms with van der Waals surface area (Å²) < 4.78 is 5.03. The van der Waals surface area contributed by atoms with Gasteiger partial charge in [-0.25, -0.2) is 0 Å². The molecule has 5 heteroatoms. The smallest absolute Gasteiger partial charge is 0.119 e. The number of methoxy groups -OCH3 is 1. The zero-order valence-corrected chi connectivity index (χ0v) is 9.17. The number of ether oxygens (including phenoxy) is 1. The molecule has 1 aromatic carbocycles. The maximum Gasteiger partial charge on any atom is 0.119 e. The van der Waals surface area contributed by atoms with Crippen LogP contribution in [0.5, 0.6) is 5.75 Å². The van der Waals surface area contributed by atoms with E-state index in [1.807, 2.05) is 25.1 Å². The molecule has 0 saturated heterocycles. The second-order valence-corrected chi connectivity index (χ2v) is 2.33. The molecule has 0 aromatic heterocycles. The topological polar surface area (TPSA) is 47.3 Å². The summed E-state index contributed by atoms with van der Waals surface area (Å²) in [6.45, 7) is 1.97. The fourth-order valence-electron chi connectivity index (χ4n) is 0.925. The number of nitrogens with two attached hydrogens (primary N) is 1. The van der Waals surface area contributed by atoms with Crippen LogP contribution in [0.2, 0.25) is 0 Å². The van der Waals surface area contributed by atoms with Crippen LogP contribution in [0.1, 0.15) is 5.56 Å². The number of hydrazine groups is 1. The van der Waals surface area contributed by atoms with Crippen LogP contribution in [0.4, 0.5) is 5.69 Å². The van der Waals surface area contributed by atoms with E-state index in [1.165, 1.54) is 0 Å². The zero-order chi connectivity index (χ0) is 8.27. The van der Waals surface area contributed by atoms with Crippen molar-refractivity contribution >= 4 is 30.5 Å². The molecule has 0 amide bonds. The van der Waals surface area contributed by atoms with E-state index in [1.54, 1.807) is 7.11 Å². The molecule has 0 bridgehead atoms. The Bertz CT molecular complexity index is 256. The van der Waals surface area contributed by atoms with Gasteiger partial charge in [0.05, 0.1) is 12.8 Å². The molecule has 0 aliphatic rings. The Morgan fingerprint density at radius 3 is 2.31 bits per heavy atom. The molecular weight excluding hydrogens is 211 g/mol. The Morgan fingerprint density at radius 1 is 1.31 bits per heavy atom. The third-order valence-corrected chi connectivity index (χ3v) is 1.59. The summed E-state index contributed by atoms with van der Waals surface area (Å²) in [5.41, 5.74) is 4.59. The van der Waals surface area contributed by atoms with E-state index in [-0.39, 0.29) is 24.8 Å². The molecule has 13 heavy (non-hydrogen) atoms. The SMILES string of the molecule is COc1ccc(NN)c(C)c1.Cl.Cl. The van der Waals surface area contributed by atoms with Crippen LogP contribution in [0.15, 0.2) is 18.2 Å². The summed E-state index contributed by atoms with van der Waals surface area (Å²) in [7, 11) is 1.64. The van der Waals surface area contributed by atoms with Gasteiger partial charge in [-0.2, -0.15) is 0 Å². The van der Waals surface area contributed by atoms with Crippen molar-refractivity contribution in [3.63, 3.8) is 0 Å². The molecule has 0 aliphatic heterocycles. The molecule has 0 saturated carbocycles. The van der Waals surface area contributed by atoms with Gasteiger partial charge in [-0.05, 0) is 30.7 Å². The van der Waals surface area contributed by atoms with Crippen LogP contribution in [-0.4, -0.2) is 7.11 Å². The standard InChI is InChI=1S/C8H12N2O.2ClH/c1-6-5-7(11-2)3-4-8(6)10-9;;/h3-5,10H,9H2,1-2H3;2*1H. The van der Waals surface area contributed by atoms with E-state index in [0.29, 0.717) is 0 Å². The first-order chi connectivity index (χ1) is 5.27. The zero-order valence-electron chi connectivity index (χ0n) is 7.53. The van der Waals surface area contributed by atoms with Crippen molar-refractivity contribution in [1.82, 2.24) is 0 Å². The average Bonchev–Trinajstić information content (AvgIpc) is 2.04. The van der Waals surface area contributed by atoms with E-state index in [2.05, 4.69) is 5.43 Å². The van der Waals surface area contributed by atoms with Gasteiger partial charge in [0, 0.05) is 0 Å². The largest absolute Gasteiger partial charge is 0.497 e. The lowest BCUT2D eigenvalue weighted by atomic mass is 10.2. The molecule has 1 rings (SSSR count). The number of anilines is 1. The normalized spacial score (nSPS) is 7.92. The molecule has 0 aliphatic carbocycles. The molecular formula is C8H14Cl2N2O. The summed E-state index contributed by atoms with van der Waals surface area (Å²) >= 11 is 0. The molecule has 0 spiro atoms. The number of hydrogen-bond donors (Lipinski definition) is 2. The van der Waals surface area contributed by atoms with Gasteiger partial charge in [0.1, 0.15) is 5.75 Å². The second kappa shape index (κ2) is 6.83. The fraction of sp³-hybridized carbons (Fsp3) is 0.250. The predicted molar refractivity (Wildman–Crippen MR) is 60.0 cm³/mol. The number of aryl methyl sites for hydroxylation is 1. The van der Waals surface area contributed by atoms with Crippen molar-refractivity contribution in [2.45, 2.75) is 6.92 Å². The number of nitrogens with one attached hydrogen (secondary N) is 1. The monoisotopic (exact) mass is 224 g/mol. The molecule has 0 unspecified atom stereocenters. The third-order valence-electron chi connectivity index (χ3n) is 1.59. The van der Waals surface area contributed by atoms with Gasteiger partial charge < -0.3 is 10.2 Å². The second-order valence-electron chi connectivity index (χ2n) is 2.33. The van der Waals surface area contributed by atoms with Crippen LogP contribution in [0, 0.1) is 6.92 Å². The molecule has 0 fully saturated rings. The van der Waals surface area contributed by atoms with Crippen LogP contribution in [-0.2, 0) is 0 Å². The van der Waals surface area contributed by atoms with Crippen molar-refractivity contribution in [2.24, 2.45) is 5.84 Å².